The maximum Gasteiger partial charge on any atom is 0.161 e. The van der Waals surface area contributed by atoms with E-state index in [1.54, 1.807) is 6.20 Å². The number of nitrogens with zero attached hydrogens (tertiary/aromatic N) is 1. The second-order valence-electron chi connectivity index (χ2n) is 4.63. The minimum atomic E-state index is -1.20. The molecular weight excluding hydrogens is 277 g/mol. The number of pyridine rings is 1. The molecule has 1 heterocycles. The maximum atomic E-state index is 13.5. The van der Waals surface area contributed by atoms with Gasteiger partial charge in [-0.25, -0.2) is 13.2 Å². The Morgan fingerprint density at radius 3 is 2.57 bits per heavy atom. The van der Waals surface area contributed by atoms with Gasteiger partial charge in [0.15, 0.2) is 11.6 Å². The van der Waals surface area contributed by atoms with Crippen molar-refractivity contribution in [3.05, 3.63) is 71.7 Å². The monoisotopic (exact) mass is 288 g/mol. The molecule has 0 amide bonds. The van der Waals surface area contributed by atoms with E-state index in [0.717, 1.165) is 22.5 Å². The zero-order chi connectivity index (χ0) is 14.8. The van der Waals surface area contributed by atoms with Crippen molar-refractivity contribution in [2.45, 2.75) is 6.54 Å². The Hall–Kier alpha value is -2.56. The molecule has 0 atom stereocenters. The lowest BCUT2D eigenvalue weighted by atomic mass is 10.1. The van der Waals surface area contributed by atoms with E-state index in [0.29, 0.717) is 12.6 Å². The van der Waals surface area contributed by atoms with Crippen LogP contribution in [0.5, 0.6) is 0 Å². The fourth-order valence-corrected chi connectivity index (χ4v) is 2.09. The Kier molecular flexibility index (Phi) is 3.48. The van der Waals surface area contributed by atoms with Gasteiger partial charge >= 0.3 is 0 Å². The van der Waals surface area contributed by atoms with Crippen molar-refractivity contribution in [2.24, 2.45) is 0 Å². The van der Waals surface area contributed by atoms with Gasteiger partial charge in [-0.05, 0) is 23.8 Å². The summed E-state index contributed by atoms with van der Waals surface area (Å²) >= 11 is 0. The van der Waals surface area contributed by atoms with Gasteiger partial charge in [0.1, 0.15) is 5.82 Å². The molecule has 2 aromatic carbocycles. The van der Waals surface area contributed by atoms with Crippen LogP contribution in [-0.4, -0.2) is 4.98 Å². The highest BCUT2D eigenvalue weighted by Crippen LogP contribution is 2.20. The van der Waals surface area contributed by atoms with Crippen LogP contribution in [0.2, 0.25) is 0 Å². The van der Waals surface area contributed by atoms with Gasteiger partial charge in [-0.2, -0.15) is 0 Å². The number of fused-ring (bicyclic) bond motifs is 1. The molecule has 21 heavy (non-hydrogen) atoms. The molecule has 0 unspecified atom stereocenters. The molecule has 0 aliphatic rings. The number of halogens is 3. The lowest BCUT2D eigenvalue weighted by Crippen LogP contribution is -2.03. The predicted octanol–water partition coefficient (Wildman–Crippen LogP) is 4.26. The summed E-state index contributed by atoms with van der Waals surface area (Å²) in [6.07, 6.45) is 1.71. The van der Waals surface area contributed by atoms with Crippen molar-refractivity contribution >= 4 is 16.6 Å². The third-order valence-electron chi connectivity index (χ3n) is 3.16. The summed E-state index contributed by atoms with van der Waals surface area (Å²) in [5, 5.41) is 3.72. The SMILES string of the molecule is Fc1cc(F)c(NCc2ccc3ncccc3c2)cc1F. The van der Waals surface area contributed by atoms with Gasteiger partial charge in [0.2, 0.25) is 0 Å². The van der Waals surface area contributed by atoms with E-state index in [4.69, 9.17) is 0 Å². The van der Waals surface area contributed by atoms with Gasteiger partial charge < -0.3 is 5.32 Å². The van der Waals surface area contributed by atoms with Gasteiger partial charge in [-0.15, -0.1) is 0 Å². The van der Waals surface area contributed by atoms with Crippen molar-refractivity contribution in [3.63, 3.8) is 0 Å². The zero-order valence-corrected chi connectivity index (χ0v) is 10.9. The molecule has 1 N–H and O–H groups in total. The van der Waals surface area contributed by atoms with Gasteiger partial charge in [0.25, 0.3) is 0 Å². The lowest BCUT2D eigenvalue weighted by molar-refractivity contribution is 0.496. The van der Waals surface area contributed by atoms with E-state index in [9.17, 15) is 13.2 Å². The number of nitrogens with one attached hydrogen (secondary N) is 1. The first-order valence-corrected chi connectivity index (χ1v) is 6.35. The number of aromatic nitrogens is 1. The molecule has 0 aliphatic heterocycles. The molecule has 3 aromatic rings. The van der Waals surface area contributed by atoms with Crippen LogP contribution in [0.25, 0.3) is 10.9 Å². The number of rotatable bonds is 3. The van der Waals surface area contributed by atoms with Crippen LogP contribution in [0.4, 0.5) is 18.9 Å². The number of hydrogen-bond donors (Lipinski definition) is 1. The summed E-state index contributed by atoms with van der Waals surface area (Å²) in [6, 6.07) is 10.7. The van der Waals surface area contributed by atoms with Gasteiger partial charge in [-0.3, -0.25) is 4.98 Å². The highest BCUT2D eigenvalue weighted by Gasteiger charge is 2.09. The minimum Gasteiger partial charge on any atom is -0.379 e. The molecule has 0 radical (unpaired) electrons. The second-order valence-corrected chi connectivity index (χ2v) is 4.63. The Balaban J connectivity index is 1.81. The average Bonchev–Trinajstić information content (AvgIpc) is 2.49. The molecule has 5 heteroatoms. The molecule has 0 saturated heterocycles. The summed E-state index contributed by atoms with van der Waals surface area (Å²) in [4.78, 5) is 4.20. The maximum absolute atomic E-state index is 13.5. The van der Waals surface area contributed by atoms with Crippen molar-refractivity contribution in [1.82, 2.24) is 4.98 Å². The Bertz CT molecular complexity index is 803. The normalized spacial score (nSPS) is 10.8. The first-order chi connectivity index (χ1) is 10.1. The summed E-state index contributed by atoms with van der Waals surface area (Å²) in [6.45, 7) is 0.298. The fourth-order valence-electron chi connectivity index (χ4n) is 2.09. The van der Waals surface area contributed by atoms with Crippen LogP contribution >= 0.6 is 0 Å². The van der Waals surface area contributed by atoms with E-state index in [2.05, 4.69) is 10.3 Å². The van der Waals surface area contributed by atoms with Crippen LogP contribution in [0.15, 0.2) is 48.7 Å². The summed E-state index contributed by atoms with van der Waals surface area (Å²) in [7, 11) is 0. The largest absolute Gasteiger partial charge is 0.379 e. The van der Waals surface area contributed by atoms with Crippen molar-refractivity contribution in [1.29, 1.82) is 0 Å². The third-order valence-corrected chi connectivity index (χ3v) is 3.16. The Morgan fingerprint density at radius 2 is 1.71 bits per heavy atom. The topological polar surface area (TPSA) is 24.9 Å². The third kappa shape index (κ3) is 2.81. The summed E-state index contributed by atoms with van der Waals surface area (Å²) in [5.74, 6) is -3.10. The van der Waals surface area contributed by atoms with Gasteiger partial charge in [0, 0.05) is 30.3 Å². The van der Waals surface area contributed by atoms with Crippen LogP contribution in [0.3, 0.4) is 0 Å². The molecular formula is C16H11F3N2. The molecule has 0 fully saturated rings. The molecule has 2 nitrogen and oxygen atoms in total. The summed E-state index contributed by atoms with van der Waals surface area (Å²) < 4.78 is 39.5. The fraction of sp³-hybridized carbons (Fsp3) is 0.0625. The highest BCUT2D eigenvalue weighted by atomic mass is 19.2. The smallest absolute Gasteiger partial charge is 0.161 e. The molecule has 0 aliphatic carbocycles. The molecule has 1 aromatic heterocycles. The molecule has 106 valence electrons. The van der Waals surface area contributed by atoms with E-state index < -0.39 is 17.5 Å². The molecule has 3 rings (SSSR count). The first kappa shape index (κ1) is 13.4. The number of hydrogen-bond acceptors (Lipinski definition) is 2. The molecule has 0 saturated carbocycles. The summed E-state index contributed by atoms with van der Waals surface area (Å²) in [5.41, 5.74) is 1.68. The van der Waals surface area contributed by atoms with E-state index in [1.165, 1.54) is 0 Å². The van der Waals surface area contributed by atoms with Crippen molar-refractivity contribution in [2.75, 3.05) is 5.32 Å². The number of benzene rings is 2. The molecule has 0 spiro atoms. The van der Waals surface area contributed by atoms with E-state index in [-0.39, 0.29) is 5.69 Å². The van der Waals surface area contributed by atoms with Gasteiger partial charge in [-0.1, -0.05) is 12.1 Å². The predicted molar refractivity (Wildman–Crippen MR) is 75.4 cm³/mol. The van der Waals surface area contributed by atoms with Crippen LogP contribution in [-0.2, 0) is 6.54 Å². The van der Waals surface area contributed by atoms with Crippen LogP contribution < -0.4 is 5.32 Å². The van der Waals surface area contributed by atoms with E-state index >= 15 is 0 Å². The highest BCUT2D eigenvalue weighted by molar-refractivity contribution is 5.78. The number of anilines is 1. The minimum absolute atomic E-state index is 0.0693. The molecule has 0 bridgehead atoms. The standard InChI is InChI=1S/C16H11F3N2/c17-12-7-14(19)16(8-13(12)18)21-9-10-3-4-15-11(6-10)2-1-5-20-15/h1-8,21H,9H2. The van der Waals surface area contributed by atoms with Crippen LogP contribution in [0.1, 0.15) is 5.56 Å². The zero-order valence-electron chi connectivity index (χ0n) is 10.9. The second kappa shape index (κ2) is 5.44. The van der Waals surface area contributed by atoms with Gasteiger partial charge in [0.05, 0.1) is 11.2 Å². The van der Waals surface area contributed by atoms with Crippen molar-refractivity contribution in [3.8, 4) is 0 Å². The quantitative estimate of drug-likeness (QED) is 0.728. The average molecular weight is 288 g/mol. The first-order valence-electron chi connectivity index (χ1n) is 6.35. The van der Waals surface area contributed by atoms with Crippen molar-refractivity contribution < 1.29 is 13.2 Å². The lowest BCUT2D eigenvalue weighted by Gasteiger charge is -2.09. The van der Waals surface area contributed by atoms with E-state index in [1.807, 2.05) is 30.3 Å². The van der Waals surface area contributed by atoms with Crippen LogP contribution in [0, 0.1) is 17.5 Å². The Morgan fingerprint density at radius 1 is 0.905 bits per heavy atom. The Labute approximate surface area is 119 Å².